The van der Waals surface area contributed by atoms with Gasteiger partial charge in [0.05, 0.1) is 6.54 Å². The maximum absolute atomic E-state index is 12.2. The lowest BCUT2D eigenvalue weighted by molar-refractivity contribution is -0.181. The molecule has 0 unspecified atom stereocenters. The maximum Gasteiger partial charge on any atom is 0.265 e. The van der Waals surface area contributed by atoms with Gasteiger partial charge in [-0.2, -0.15) is 0 Å². The summed E-state index contributed by atoms with van der Waals surface area (Å²) < 4.78 is 0. The number of hydrogen-bond donors (Lipinski definition) is 2. The highest BCUT2D eigenvalue weighted by molar-refractivity contribution is 9.09. The van der Waals surface area contributed by atoms with Crippen molar-refractivity contribution in [2.45, 2.75) is 26.4 Å². The molecule has 0 aliphatic heterocycles. The van der Waals surface area contributed by atoms with Crippen molar-refractivity contribution in [1.29, 1.82) is 0 Å². The van der Waals surface area contributed by atoms with Crippen molar-refractivity contribution >= 4 is 68.6 Å². The molecular formula is C24H26BrCl2N3O4. The number of benzene rings is 2. The number of halogens is 3. The Morgan fingerprint density at radius 2 is 1.85 bits per heavy atom. The van der Waals surface area contributed by atoms with E-state index in [1.165, 1.54) is 13.1 Å². The molecule has 2 rings (SSSR count). The van der Waals surface area contributed by atoms with Crippen molar-refractivity contribution in [1.82, 2.24) is 10.4 Å². The summed E-state index contributed by atoms with van der Waals surface area (Å²) in [5, 5.41) is 8.07. The fraction of sp³-hybridized carbons (Fsp3) is 0.292. The lowest BCUT2D eigenvalue weighted by Gasteiger charge is -2.17. The molecular weight excluding hydrogens is 545 g/mol. The normalized spacial score (nSPS) is 10.9. The molecule has 0 heterocycles. The van der Waals surface area contributed by atoms with Crippen LogP contribution < -0.4 is 10.6 Å². The zero-order chi connectivity index (χ0) is 25.1. The molecule has 0 fully saturated rings. The van der Waals surface area contributed by atoms with E-state index in [0.29, 0.717) is 22.0 Å². The Labute approximate surface area is 217 Å². The highest BCUT2D eigenvalue weighted by Gasteiger charge is 2.13. The number of aryl methyl sites for hydroxylation is 1. The van der Waals surface area contributed by atoms with E-state index in [9.17, 15) is 14.4 Å². The lowest BCUT2D eigenvalue weighted by Crippen LogP contribution is -2.37. The van der Waals surface area contributed by atoms with E-state index in [1.807, 2.05) is 13.0 Å². The zero-order valence-electron chi connectivity index (χ0n) is 18.9. The molecule has 2 N–H and O–H groups in total. The van der Waals surface area contributed by atoms with E-state index in [4.69, 9.17) is 28.0 Å². The minimum atomic E-state index is -0.444. The first-order valence-electron chi connectivity index (χ1n) is 10.5. The Morgan fingerprint density at radius 1 is 1.15 bits per heavy atom. The topological polar surface area (TPSA) is 87.7 Å². The molecule has 10 heteroatoms. The van der Waals surface area contributed by atoms with Gasteiger partial charge in [0.15, 0.2) is 0 Å². The molecule has 0 spiro atoms. The summed E-state index contributed by atoms with van der Waals surface area (Å²) in [6.07, 6.45) is 4.17. The third-order valence-corrected chi connectivity index (χ3v) is 5.99. The van der Waals surface area contributed by atoms with Crippen LogP contribution in [0.1, 0.15) is 29.5 Å². The first-order valence-corrected chi connectivity index (χ1v) is 12.3. The summed E-state index contributed by atoms with van der Waals surface area (Å²) in [5.74, 6) is -0.916. The molecule has 0 aliphatic carbocycles. The van der Waals surface area contributed by atoms with Gasteiger partial charge in [-0.05, 0) is 54.8 Å². The standard InChI is InChI=1S/C24H26BrCl2N3O4/c1-16-13-17(8-10-21(16)29-23(32)7-4-12-25)9-11-22(31)28-14-24(33)30(2)34-15-18-19(26)5-3-6-20(18)27/h3,5-6,8-11,13H,4,7,12,14-15H2,1-2H3,(H,28,31)(H,29,32). The number of hydroxylamine groups is 2. The number of carbonyl (C=O) groups excluding carboxylic acids is 3. The summed E-state index contributed by atoms with van der Waals surface area (Å²) in [6, 6.07) is 10.5. The molecule has 3 amide bonds. The minimum Gasteiger partial charge on any atom is -0.343 e. The molecule has 0 radical (unpaired) electrons. The van der Waals surface area contributed by atoms with E-state index in [0.717, 1.165) is 33.6 Å². The number of likely N-dealkylation sites (N-methyl/N-ethyl adjacent to an activating group) is 1. The Hall–Kier alpha value is -2.39. The zero-order valence-corrected chi connectivity index (χ0v) is 22.0. The number of amides is 3. The van der Waals surface area contributed by atoms with Gasteiger partial charge in [0, 0.05) is 46.2 Å². The van der Waals surface area contributed by atoms with Crippen LogP contribution in [0.15, 0.2) is 42.5 Å². The SMILES string of the molecule is Cc1cc(C=CC(=O)NCC(=O)N(C)OCc2c(Cl)cccc2Cl)ccc1NC(=O)CCCBr. The number of rotatable bonds is 11. The van der Waals surface area contributed by atoms with Gasteiger partial charge >= 0.3 is 0 Å². The Kier molecular flexibility index (Phi) is 11.6. The Bertz CT molecular complexity index is 1040. The van der Waals surface area contributed by atoms with Crippen LogP contribution in [0.25, 0.3) is 6.08 Å². The van der Waals surface area contributed by atoms with Crippen LogP contribution in [-0.4, -0.2) is 41.7 Å². The number of alkyl halides is 1. The second-order valence-corrected chi connectivity index (χ2v) is 8.94. The van der Waals surface area contributed by atoms with Crippen molar-refractivity contribution in [3.63, 3.8) is 0 Å². The van der Waals surface area contributed by atoms with Crippen molar-refractivity contribution in [3.8, 4) is 0 Å². The predicted molar refractivity (Wildman–Crippen MR) is 139 cm³/mol. The highest BCUT2D eigenvalue weighted by atomic mass is 79.9. The van der Waals surface area contributed by atoms with Crippen LogP contribution in [0.4, 0.5) is 5.69 Å². The van der Waals surface area contributed by atoms with Gasteiger partial charge in [-0.1, -0.05) is 51.3 Å². The van der Waals surface area contributed by atoms with Crippen LogP contribution in [0.3, 0.4) is 0 Å². The molecule has 2 aromatic rings. The molecule has 7 nitrogen and oxygen atoms in total. The van der Waals surface area contributed by atoms with Gasteiger partial charge in [-0.3, -0.25) is 19.2 Å². The quantitative estimate of drug-likeness (QED) is 0.222. The van der Waals surface area contributed by atoms with Crippen LogP contribution >= 0.6 is 39.1 Å². The molecule has 0 saturated heterocycles. The van der Waals surface area contributed by atoms with Gasteiger partial charge in [0.25, 0.3) is 5.91 Å². The van der Waals surface area contributed by atoms with E-state index in [2.05, 4.69) is 26.6 Å². The van der Waals surface area contributed by atoms with Crippen LogP contribution in [-0.2, 0) is 25.8 Å². The van der Waals surface area contributed by atoms with Crippen LogP contribution in [0, 0.1) is 6.92 Å². The van der Waals surface area contributed by atoms with Gasteiger partial charge in [-0.15, -0.1) is 0 Å². The molecule has 182 valence electrons. The van der Waals surface area contributed by atoms with Crippen molar-refractivity contribution in [3.05, 3.63) is 69.2 Å². The van der Waals surface area contributed by atoms with E-state index in [1.54, 1.807) is 36.4 Å². The second-order valence-electron chi connectivity index (χ2n) is 7.33. The highest BCUT2D eigenvalue weighted by Crippen LogP contribution is 2.25. The summed E-state index contributed by atoms with van der Waals surface area (Å²) in [5.41, 5.74) is 2.96. The van der Waals surface area contributed by atoms with E-state index < -0.39 is 11.8 Å². The van der Waals surface area contributed by atoms with E-state index >= 15 is 0 Å². The van der Waals surface area contributed by atoms with Gasteiger partial charge < -0.3 is 10.6 Å². The number of carbonyl (C=O) groups is 3. The first-order chi connectivity index (χ1) is 16.2. The van der Waals surface area contributed by atoms with Crippen molar-refractivity contribution in [2.75, 3.05) is 24.2 Å². The van der Waals surface area contributed by atoms with Crippen molar-refractivity contribution in [2.24, 2.45) is 0 Å². The average molecular weight is 571 g/mol. The van der Waals surface area contributed by atoms with Crippen LogP contribution in [0.5, 0.6) is 0 Å². The molecule has 0 bridgehead atoms. The third-order valence-electron chi connectivity index (χ3n) is 4.72. The van der Waals surface area contributed by atoms with Crippen LogP contribution in [0.2, 0.25) is 10.0 Å². The van der Waals surface area contributed by atoms with E-state index in [-0.39, 0.29) is 19.1 Å². The summed E-state index contributed by atoms with van der Waals surface area (Å²) in [7, 11) is 1.44. The fourth-order valence-electron chi connectivity index (χ4n) is 2.78. The fourth-order valence-corrected chi connectivity index (χ4v) is 3.57. The number of nitrogens with one attached hydrogen (secondary N) is 2. The lowest BCUT2D eigenvalue weighted by atomic mass is 10.1. The summed E-state index contributed by atoms with van der Waals surface area (Å²) >= 11 is 15.5. The van der Waals surface area contributed by atoms with Gasteiger partial charge in [0.2, 0.25) is 11.8 Å². The number of nitrogens with zero attached hydrogens (tertiary/aromatic N) is 1. The summed E-state index contributed by atoms with van der Waals surface area (Å²) in [6.45, 7) is 1.65. The predicted octanol–water partition coefficient (Wildman–Crippen LogP) is 5.14. The Morgan fingerprint density at radius 3 is 2.50 bits per heavy atom. The molecule has 34 heavy (non-hydrogen) atoms. The second kappa shape index (κ2) is 14.1. The number of hydrogen-bond acceptors (Lipinski definition) is 4. The molecule has 0 atom stereocenters. The third kappa shape index (κ3) is 9.10. The maximum atomic E-state index is 12.2. The smallest absolute Gasteiger partial charge is 0.265 e. The monoisotopic (exact) mass is 569 g/mol. The Balaban J connectivity index is 1.81. The molecule has 0 aliphatic rings. The van der Waals surface area contributed by atoms with Gasteiger partial charge in [0.1, 0.15) is 6.61 Å². The number of anilines is 1. The first kappa shape index (κ1) is 27.9. The van der Waals surface area contributed by atoms with Gasteiger partial charge in [-0.25, -0.2) is 5.06 Å². The molecule has 0 saturated carbocycles. The minimum absolute atomic E-state index is 0.0148. The largest absolute Gasteiger partial charge is 0.343 e. The summed E-state index contributed by atoms with van der Waals surface area (Å²) in [4.78, 5) is 41.6. The molecule has 2 aromatic carbocycles. The van der Waals surface area contributed by atoms with Crippen molar-refractivity contribution < 1.29 is 19.2 Å². The average Bonchev–Trinajstić information content (AvgIpc) is 2.80. The molecule has 0 aromatic heterocycles.